The van der Waals surface area contributed by atoms with Crippen molar-refractivity contribution in [2.45, 2.75) is 6.92 Å². The quantitative estimate of drug-likeness (QED) is 0.562. The first-order chi connectivity index (χ1) is 12.4. The smallest absolute Gasteiger partial charge is 0.274 e. The fourth-order valence-electron chi connectivity index (χ4n) is 2.38. The minimum Gasteiger partial charge on any atom is -0.319 e. The van der Waals surface area contributed by atoms with Crippen LogP contribution >= 0.6 is 43.5 Å². The lowest BCUT2D eigenvalue weighted by Crippen LogP contribution is -2.19. The summed E-state index contributed by atoms with van der Waals surface area (Å²) in [6, 6.07) is 10.5. The third kappa shape index (κ3) is 3.65. The van der Waals surface area contributed by atoms with E-state index in [1.54, 1.807) is 30.5 Å². The van der Waals surface area contributed by atoms with Gasteiger partial charge in [-0.1, -0.05) is 27.5 Å². The van der Waals surface area contributed by atoms with E-state index in [1.807, 2.05) is 13.0 Å². The summed E-state index contributed by atoms with van der Waals surface area (Å²) in [4.78, 5) is 17.0. The second kappa shape index (κ2) is 7.58. The number of nitriles is 1. The first kappa shape index (κ1) is 18.6. The summed E-state index contributed by atoms with van der Waals surface area (Å²) in [6.45, 7) is 1.81. The molecule has 26 heavy (non-hydrogen) atoms. The first-order valence-electron chi connectivity index (χ1n) is 7.28. The standard InChI is InChI=1S/C17H10Br2ClN5O/c1-9-5-11(18)6-10(8-21)15(9)23-17(26)13-7-14(19)24-25(13)16-12(20)3-2-4-22-16/h2-7H,1H3,(H,23,26). The zero-order chi connectivity index (χ0) is 18.8. The molecule has 130 valence electrons. The molecule has 3 rings (SSSR count). The number of hydrogen-bond acceptors (Lipinski definition) is 4. The molecule has 1 aromatic carbocycles. The molecule has 9 heteroatoms. The van der Waals surface area contributed by atoms with Crippen molar-refractivity contribution < 1.29 is 4.79 Å². The third-order valence-electron chi connectivity index (χ3n) is 3.51. The number of carbonyl (C=O) groups excluding carboxylic acids is 1. The number of pyridine rings is 1. The number of nitrogens with one attached hydrogen (secondary N) is 1. The van der Waals surface area contributed by atoms with E-state index in [2.05, 4.69) is 53.3 Å². The van der Waals surface area contributed by atoms with Crippen molar-refractivity contribution in [3.05, 3.63) is 67.4 Å². The number of rotatable bonds is 3. The number of aryl methyl sites for hydroxylation is 1. The monoisotopic (exact) mass is 493 g/mol. The van der Waals surface area contributed by atoms with Crippen LogP contribution < -0.4 is 5.32 Å². The molecule has 0 aliphatic heterocycles. The molecule has 1 N–H and O–H groups in total. The highest BCUT2D eigenvalue weighted by Gasteiger charge is 2.20. The van der Waals surface area contributed by atoms with Crippen LogP contribution in [0.4, 0.5) is 5.69 Å². The van der Waals surface area contributed by atoms with Crippen LogP contribution in [0.5, 0.6) is 0 Å². The Hall–Kier alpha value is -2.21. The summed E-state index contributed by atoms with van der Waals surface area (Å²) in [7, 11) is 0. The molecule has 1 amide bonds. The minimum atomic E-state index is -0.438. The lowest BCUT2D eigenvalue weighted by molar-refractivity contribution is 0.101. The Balaban J connectivity index is 2.04. The number of hydrogen-bond donors (Lipinski definition) is 1. The second-order valence-electron chi connectivity index (χ2n) is 5.28. The Morgan fingerprint density at radius 2 is 2.12 bits per heavy atom. The van der Waals surface area contributed by atoms with Crippen LogP contribution in [0.3, 0.4) is 0 Å². The fourth-order valence-corrected chi connectivity index (χ4v) is 3.53. The third-order valence-corrected chi connectivity index (χ3v) is 4.65. The predicted octanol–water partition coefficient (Wildman–Crippen LogP) is 4.88. The maximum Gasteiger partial charge on any atom is 0.274 e. The first-order valence-corrected chi connectivity index (χ1v) is 9.25. The van der Waals surface area contributed by atoms with E-state index < -0.39 is 5.91 Å². The van der Waals surface area contributed by atoms with E-state index >= 15 is 0 Å². The molecule has 0 bridgehead atoms. The second-order valence-corrected chi connectivity index (χ2v) is 7.42. The van der Waals surface area contributed by atoms with Crippen molar-refractivity contribution in [1.82, 2.24) is 14.8 Å². The van der Waals surface area contributed by atoms with Gasteiger partial charge in [-0.15, -0.1) is 0 Å². The molecule has 0 spiro atoms. The van der Waals surface area contributed by atoms with Gasteiger partial charge in [-0.05, 0) is 52.7 Å². The van der Waals surface area contributed by atoms with E-state index in [-0.39, 0.29) is 5.69 Å². The van der Waals surface area contributed by atoms with Gasteiger partial charge in [0.1, 0.15) is 16.4 Å². The SMILES string of the molecule is Cc1cc(Br)cc(C#N)c1NC(=O)c1cc(Br)nn1-c1ncccc1Cl. The summed E-state index contributed by atoms with van der Waals surface area (Å²) in [6.07, 6.45) is 1.56. The normalized spacial score (nSPS) is 10.4. The van der Waals surface area contributed by atoms with Crippen LogP contribution in [0.1, 0.15) is 21.6 Å². The molecule has 0 radical (unpaired) electrons. The predicted molar refractivity (Wildman–Crippen MR) is 106 cm³/mol. The minimum absolute atomic E-state index is 0.226. The van der Waals surface area contributed by atoms with E-state index in [9.17, 15) is 10.1 Å². The maximum atomic E-state index is 12.9. The summed E-state index contributed by atoms with van der Waals surface area (Å²) in [5, 5.41) is 16.7. The number of halogens is 3. The molecule has 0 aliphatic carbocycles. The summed E-state index contributed by atoms with van der Waals surface area (Å²) in [5.74, 6) is -0.107. The highest BCUT2D eigenvalue weighted by Crippen LogP contribution is 2.27. The lowest BCUT2D eigenvalue weighted by Gasteiger charge is -2.12. The van der Waals surface area contributed by atoms with Crippen LogP contribution in [0, 0.1) is 18.3 Å². The molecule has 0 saturated heterocycles. The van der Waals surface area contributed by atoms with E-state index in [1.165, 1.54) is 4.68 Å². The molecule has 0 saturated carbocycles. The van der Waals surface area contributed by atoms with Gasteiger partial charge in [0.2, 0.25) is 0 Å². The van der Waals surface area contributed by atoms with Gasteiger partial charge < -0.3 is 5.32 Å². The average molecular weight is 496 g/mol. The number of nitrogens with zero attached hydrogens (tertiary/aromatic N) is 4. The number of anilines is 1. The van der Waals surface area contributed by atoms with Crippen LogP contribution in [0.25, 0.3) is 5.82 Å². The zero-order valence-electron chi connectivity index (χ0n) is 13.3. The molecule has 2 aromatic heterocycles. The molecule has 0 fully saturated rings. The Morgan fingerprint density at radius 3 is 2.81 bits per heavy atom. The number of amides is 1. The van der Waals surface area contributed by atoms with Crippen molar-refractivity contribution >= 4 is 55.1 Å². The Bertz CT molecular complexity index is 1060. The van der Waals surface area contributed by atoms with E-state index in [0.29, 0.717) is 26.7 Å². The molecular formula is C17H10Br2ClN5O. The molecule has 3 aromatic rings. The van der Waals surface area contributed by atoms with Crippen molar-refractivity contribution in [1.29, 1.82) is 5.26 Å². The van der Waals surface area contributed by atoms with Gasteiger partial charge in [0, 0.05) is 16.7 Å². The highest BCUT2D eigenvalue weighted by atomic mass is 79.9. The highest BCUT2D eigenvalue weighted by molar-refractivity contribution is 9.10. The summed E-state index contributed by atoms with van der Waals surface area (Å²) < 4.78 is 2.57. The lowest BCUT2D eigenvalue weighted by atomic mass is 10.1. The summed E-state index contributed by atoms with van der Waals surface area (Å²) >= 11 is 12.8. The number of benzene rings is 1. The van der Waals surface area contributed by atoms with Gasteiger partial charge in [-0.25, -0.2) is 9.67 Å². The van der Waals surface area contributed by atoms with Crippen LogP contribution in [0.2, 0.25) is 5.02 Å². The molecule has 0 unspecified atom stereocenters. The van der Waals surface area contributed by atoms with Gasteiger partial charge in [-0.3, -0.25) is 4.79 Å². The van der Waals surface area contributed by atoms with Crippen LogP contribution in [-0.2, 0) is 0 Å². The Morgan fingerprint density at radius 1 is 1.35 bits per heavy atom. The van der Waals surface area contributed by atoms with Crippen LogP contribution in [-0.4, -0.2) is 20.7 Å². The summed E-state index contributed by atoms with van der Waals surface area (Å²) in [5.41, 5.74) is 1.77. The molecule has 0 atom stereocenters. The molecule has 2 heterocycles. The fraction of sp³-hybridized carbons (Fsp3) is 0.0588. The number of aromatic nitrogens is 3. The van der Waals surface area contributed by atoms with E-state index in [0.717, 1.165) is 10.0 Å². The average Bonchev–Trinajstić information content (AvgIpc) is 2.99. The van der Waals surface area contributed by atoms with Crippen LogP contribution in [0.15, 0.2) is 45.6 Å². The van der Waals surface area contributed by atoms with Crippen molar-refractivity contribution in [2.24, 2.45) is 0 Å². The van der Waals surface area contributed by atoms with Gasteiger partial charge in [-0.2, -0.15) is 10.4 Å². The largest absolute Gasteiger partial charge is 0.319 e. The van der Waals surface area contributed by atoms with Gasteiger partial charge in [0.25, 0.3) is 5.91 Å². The van der Waals surface area contributed by atoms with E-state index in [4.69, 9.17) is 11.6 Å². The van der Waals surface area contributed by atoms with Crippen molar-refractivity contribution in [2.75, 3.05) is 5.32 Å². The van der Waals surface area contributed by atoms with Crippen molar-refractivity contribution in [3.63, 3.8) is 0 Å². The molecule has 0 aliphatic rings. The Kier molecular flexibility index (Phi) is 5.41. The Labute approximate surface area is 171 Å². The topological polar surface area (TPSA) is 83.6 Å². The maximum absolute atomic E-state index is 12.9. The zero-order valence-corrected chi connectivity index (χ0v) is 17.2. The van der Waals surface area contributed by atoms with Gasteiger partial charge >= 0.3 is 0 Å². The molecule has 6 nitrogen and oxygen atoms in total. The molecular weight excluding hydrogens is 485 g/mol. The van der Waals surface area contributed by atoms with Gasteiger partial charge in [0.15, 0.2) is 5.82 Å². The van der Waals surface area contributed by atoms with Crippen molar-refractivity contribution in [3.8, 4) is 11.9 Å². The number of carbonyl (C=O) groups is 1. The van der Waals surface area contributed by atoms with Gasteiger partial charge in [0.05, 0.1) is 16.3 Å².